The summed E-state index contributed by atoms with van der Waals surface area (Å²) in [6.07, 6.45) is 1.72. The maximum Gasteiger partial charge on any atom is 0.270 e. The number of hydrogen-bond acceptors (Lipinski definition) is 7. The third-order valence-corrected chi connectivity index (χ3v) is 5.88. The minimum absolute atomic E-state index is 0.0518. The van der Waals surface area contributed by atoms with Gasteiger partial charge in [0.1, 0.15) is 0 Å². The van der Waals surface area contributed by atoms with E-state index in [9.17, 15) is 14.9 Å². The van der Waals surface area contributed by atoms with Gasteiger partial charge in [0.15, 0.2) is 15.8 Å². The Morgan fingerprint density at radius 1 is 1.22 bits per heavy atom. The first-order valence-corrected chi connectivity index (χ1v) is 9.57. The maximum atomic E-state index is 12.8. The fraction of sp³-hybridized carbons (Fsp3) is 0.0588. The van der Waals surface area contributed by atoms with E-state index in [4.69, 9.17) is 21.7 Å². The fourth-order valence-electron chi connectivity index (χ4n) is 2.60. The van der Waals surface area contributed by atoms with Crippen molar-refractivity contribution in [2.45, 2.75) is 0 Å². The van der Waals surface area contributed by atoms with Crippen molar-refractivity contribution in [1.29, 1.82) is 0 Å². The molecule has 1 amide bonds. The van der Waals surface area contributed by atoms with E-state index in [-0.39, 0.29) is 18.4 Å². The van der Waals surface area contributed by atoms with Gasteiger partial charge in [0.2, 0.25) is 6.79 Å². The van der Waals surface area contributed by atoms with Gasteiger partial charge in [0, 0.05) is 16.6 Å². The van der Waals surface area contributed by atoms with E-state index >= 15 is 0 Å². The monoisotopic (exact) mass is 464 g/mol. The van der Waals surface area contributed by atoms with Gasteiger partial charge >= 0.3 is 0 Å². The number of nitro benzene ring substituents is 1. The number of benzene rings is 2. The summed E-state index contributed by atoms with van der Waals surface area (Å²) < 4.78 is 11.8. The molecule has 136 valence electrons. The van der Waals surface area contributed by atoms with Crippen molar-refractivity contribution in [3.8, 4) is 11.5 Å². The van der Waals surface area contributed by atoms with E-state index in [0.29, 0.717) is 26.4 Å². The van der Waals surface area contributed by atoms with Crippen molar-refractivity contribution < 1.29 is 19.2 Å². The minimum atomic E-state index is -0.495. The summed E-state index contributed by atoms with van der Waals surface area (Å²) in [6.45, 7) is 0.160. The molecule has 0 unspecified atom stereocenters. The number of thiocarbonyl (C=S) groups is 1. The first-order chi connectivity index (χ1) is 12.9. The highest BCUT2D eigenvalue weighted by Gasteiger charge is 2.33. The van der Waals surface area contributed by atoms with Gasteiger partial charge in [-0.15, -0.1) is 0 Å². The van der Waals surface area contributed by atoms with Crippen LogP contribution in [-0.2, 0) is 4.79 Å². The van der Waals surface area contributed by atoms with Crippen molar-refractivity contribution in [2.24, 2.45) is 0 Å². The summed E-state index contributed by atoms with van der Waals surface area (Å²) in [5, 5.41) is 10.8. The summed E-state index contributed by atoms with van der Waals surface area (Å²) >= 11 is 9.96. The Balaban J connectivity index is 1.65. The second-order valence-electron chi connectivity index (χ2n) is 5.52. The van der Waals surface area contributed by atoms with Gasteiger partial charge in [-0.05, 0) is 35.9 Å². The van der Waals surface area contributed by atoms with Gasteiger partial charge in [-0.2, -0.15) is 0 Å². The molecule has 0 atom stereocenters. The lowest BCUT2D eigenvalue weighted by Gasteiger charge is -2.14. The van der Waals surface area contributed by atoms with E-state index < -0.39 is 4.92 Å². The van der Waals surface area contributed by atoms with Crippen molar-refractivity contribution in [2.75, 3.05) is 11.7 Å². The van der Waals surface area contributed by atoms with Crippen LogP contribution in [0.3, 0.4) is 0 Å². The van der Waals surface area contributed by atoms with Crippen molar-refractivity contribution >= 4 is 67.6 Å². The Morgan fingerprint density at radius 3 is 2.56 bits per heavy atom. The molecular weight excluding hydrogens is 456 g/mol. The SMILES string of the molecule is O=C1C(=Cc2cc3c(cc2Br)OCO3)SC(=S)N1c1ccc([N+](=O)[O-])cc1. The molecule has 0 aromatic heterocycles. The molecule has 1 saturated heterocycles. The normalized spacial score (nSPS) is 17.1. The lowest BCUT2D eigenvalue weighted by molar-refractivity contribution is -0.384. The van der Waals surface area contributed by atoms with Crippen LogP contribution < -0.4 is 14.4 Å². The smallest absolute Gasteiger partial charge is 0.270 e. The topological polar surface area (TPSA) is 81.9 Å². The largest absolute Gasteiger partial charge is 0.454 e. The van der Waals surface area contributed by atoms with Crippen molar-refractivity contribution in [1.82, 2.24) is 0 Å². The van der Waals surface area contributed by atoms with Crippen LogP contribution in [-0.4, -0.2) is 21.9 Å². The van der Waals surface area contributed by atoms with Gasteiger partial charge in [-0.1, -0.05) is 39.9 Å². The Hall–Kier alpha value is -2.43. The summed E-state index contributed by atoms with van der Waals surface area (Å²) in [4.78, 5) is 24.9. The van der Waals surface area contributed by atoms with Crippen LogP contribution in [0.25, 0.3) is 6.08 Å². The van der Waals surface area contributed by atoms with Gasteiger partial charge in [0.05, 0.1) is 15.5 Å². The molecule has 10 heteroatoms. The zero-order valence-electron chi connectivity index (χ0n) is 13.4. The van der Waals surface area contributed by atoms with E-state index in [1.165, 1.54) is 40.9 Å². The molecule has 7 nitrogen and oxygen atoms in total. The average Bonchev–Trinajstić information content (AvgIpc) is 3.19. The first kappa shape index (κ1) is 18.0. The second-order valence-corrected chi connectivity index (χ2v) is 8.05. The third kappa shape index (κ3) is 3.31. The molecule has 2 aromatic carbocycles. The number of carbonyl (C=O) groups excluding carboxylic acids is 1. The number of rotatable bonds is 3. The van der Waals surface area contributed by atoms with E-state index in [0.717, 1.165) is 10.0 Å². The standard InChI is InChI=1S/C17H9BrN2O5S2/c18-12-7-14-13(24-8-25-14)5-9(12)6-15-16(21)19(17(26)27-15)10-1-3-11(4-2-10)20(22)23/h1-7H,8H2. The molecule has 0 saturated carbocycles. The second kappa shape index (κ2) is 6.95. The minimum Gasteiger partial charge on any atom is -0.454 e. The van der Waals surface area contributed by atoms with Gasteiger partial charge < -0.3 is 9.47 Å². The molecule has 0 radical (unpaired) electrons. The van der Waals surface area contributed by atoms with Crippen LogP contribution in [0, 0.1) is 10.1 Å². The molecule has 2 aromatic rings. The van der Waals surface area contributed by atoms with Crippen LogP contribution in [0.2, 0.25) is 0 Å². The summed E-state index contributed by atoms with van der Waals surface area (Å²) in [5.41, 5.74) is 1.18. The number of thioether (sulfide) groups is 1. The van der Waals surface area contributed by atoms with Crippen molar-refractivity contribution in [3.05, 3.63) is 61.5 Å². The molecular formula is C17H9BrN2O5S2. The molecule has 0 spiro atoms. The number of nitrogens with zero attached hydrogens (tertiary/aromatic N) is 2. The number of non-ortho nitro benzene ring substituents is 1. The molecule has 0 aliphatic carbocycles. The third-order valence-electron chi connectivity index (χ3n) is 3.89. The molecule has 2 aliphatic rings. The first-order valence-electron chi connectivity index (χ1n) is 7.55. The number of anilines is 1. The quantitative estimate of drug-likeness (QED) is 0.286. The molecule has 2 aliphatic heterocycles. The number of nitro groups is 1. The number of hydrogen-bond donors (Lipinski definition) is 0. The lowest BCUT2D eigenvalue weighted by Crippen LogP contribution is -2.27. The number of ether oxygens (including phenoxy) is 2. The summed E-state index contributed by atoms with van der Waals surface area (Å²) in [6, 6.07) is 9.25. The number of amides is 1. The van der Waals surface area contributed by atoms with E-state index in [2.05, 4.69) is 15.9 Å². The Morgan fingerprint density at radius 2 is 1.89 bits per heavy atom. The highest BCUT2D eigenvalue weighted by Crippen LogP contribution is 2.41. The van der Waals surface area contributed by atoms with Crippen LogP contribution >= 0.6 is 39.9 Å². The average molecular weight is 465 g/mol. The number of fused-ring (bicyclic) bond motifs is 1. The van der Waals surface area contributed by atoms with E-state index in [1.54, 1.807) is 18.2 Å². The van der Waals surface area contributed by atoms with Gasteiger partial charge in [0.25, 0.3) is 11.6 Å². The van der Waals surface area contributed by atoms with Crippen LogP contribution in [0.15, 0.2) is 45.8 Å². The Labute approximate surface area is 171 Å². The van der Waals surface area contributed by atoms with Gasteiger partial charge in [-0.3, -0.25) is 19.8 Å². The predicted octanol–water partition coefficient (Wildman–Crippen LogP) is 4.49. The highest BCUT2D eigenvalue weighted by molar-refractivity contribution is 9.10. The Kier molecular flexibility index (Phi) is 4.62. The van der Waals surface area contributed by atoms with Crippen LogP contribution in [0.1, 0.15) is 5.56 Å². The molecule has 0 N–H and O–H groups in total. The lowest BCUT2D eigenvalue weighted by atomic mass is 10.2. The van der Waals surface area contributed by atoms with Crippen molar-refractivity contribution in [3.63, 3.8) is 0 Å². The zero-order chi connectivity index (χ0) is 19.1. The summed E-state index contributed by atoms with van der Waals surface area (Å²) in [7, 11) is 0. The molecule has 2 heterocycles. The van der Waals surface area contributed by atoms with Crippen LogP contribution in [0.5, 0.6) is 11.5 Å². The highest BCUT2D eigenvalue weighted by atomic mass is 79.9. The molecule has 27 heavy (non-hydrogen) atoms. The molecule has 1 fully saturated rings. The zero-order valence-corrected chi connectivity index (χ0v) is 16.6. The van der Waals surface area contributed by atoms with Crippen LogP contribution in [0.4, 0.5) is 11.4 Å². The fourth-order valence-corrected chi connectivity index (χ4v) is 4.33. The van der Waals surface area contributed by atoms with E-state index in [1.807, 2.05) is 0 Å². The number of carbonyl (C=O) groups is 1. The van der Waals surface area contributed by atoms with Gasteiger partial charge in [-0.25, -0.2) is 0 Å². The molecule has 0 bridgehead atoms. The summed E-state index contributed by atoms with van der Waals surface area (Å²) in [5.74, 6) is 0.955. The number of halogens is 1. The predicted molar refractivity (Wildman–Crippen MR) is 109 cm³/mol. The Bertz CT molecular complexity index is 1020. The molecule has 4 rings (SSSR count). The maximum absolute atomic E-state index is 12.8.